The van der Waals surface area contributed by atoms with E-state index in [1.807, 2.05) is 0 Å². The van der Waals surface area contributed by atoms with Gasteiger partial charge < -0.3 is 4.90 Å². The van der Waals surface area contributed by atoms with Gasteiger partial charge in [0.25, 0.3) is 0 Å². The molecule has 0 bridgehead atoms. The quantitative estimate of drug-likeness (QED) is 0.170. The van der Waals surface area contributed by atoms with Gasteiger partial charge in [-0.3, -0.25) is 14.8 Å². The number of carbonyl (C=O) groups excluding carboxylic acids is 1. The Labute approximate surface area is 182 Å². The van der Waals surface area contributed by atoms with Gasteiger partial charge in [0, 0.05) is 34.2 Å². The second kappa shape index (κ2) is 10.9. The summed E-state index contributed by atoms with van der Waals surface area (Å²) in [7, 11) is -2.15. The number of amides is 1. The van der Waals surface area contributed by atoms with E-state index in [4.69, 9.17) is 16.4 Å². The Balaban J connectivity index is 3.01. The molecule has 2 N–H and O–H groups in total. The Morgan fingerprint density at radius 2 is 2.10 bits per heavy atom. The molecule has 0 saturated carbocycles. The smallest absolute Gasteiger partial charge is 0.301 e. The van der Waals surface area contributed by atoms with Crippen molar-refractivity contribution in [1.29, 1.82) is 4.78 Å². The molecule has 0 aliphatic carbocycles. The molecule has 7 nitrogen and oxygen atoms in total. The number of hydrogen-bond acceptors (Lipinski definition) is 6. The van der Waals surface area contributed by atoms with E-state index in [2.05, 4.69) is 11.6 Å². The van der Waals surface area contributed by atoms with Gasteiger partial charge in [0.15, 0.2) is 12.2 Å². The molecule has 1 atom stereocenters. The van der Waals surface area contributed by atoms with Gasteiger partial charge in [-0.1, -0.05) is 35.6 Å². The molecule has 1 unspecified atom stereocenters. The summed E-state index contributed by atoms with van der Waals surface area (Å²) in [5.74, 6) is -1.85. The number of aromatic nitrogens is 1. The SMILES string of the molecule is C=CC=C(C=[N+](C)O)c1nc(Cl)c(N(CC)C(=O)CCS(=N)(=O)CCC(F)(F)F)s1. The molecule has 1 aromatic heterocycles. The van der Waals surface area contributed by atoms with Gasteiger partial charge in [0.2, 0.25) is 12.1 Å². The highest BCUT2D eigenvalue weighted by atomic mass is 35.5. The van der Waals surface area contributed by atoms with E-state index in [0.717, 1.165) is 16.1 Å². The molecule has 0 saturated heterocycles. The molecule has 30 heavy (non-hydrogen) atoms. The van der Waals surface area contributed by atoms with Crippen molar-refractivity contribution in [3.05, 3.63) is 28.9 Å². The lowest BCUT2D eigenvalue weighted by Crippen LogP contribution is -2.32. The average Bonchev–Trinajstić information content (AvgIpc) is 2.99. The molecular formula is C17H23ClF3N4O3S2+. The van der Waals surface area contributed by atoms with E-state index in [1.54, 1.807) is 13.0 Å². The van der Waals surface area contributed by atoms with E-state index in [9.17, 15) is 27.4 Å². The fraction of sp³-hybridized carbons (Fsp3) is 0.471. The molecule has 0 fully saturated rings. The molecule has 168 valence electrons. The molecule has 1 heterocycles. The van der Waals surface area contributed by atoms with E-state index < -0.39 is 39.7 Å². The first-order valence-electron chi connectivity index (χ1n) is 8.67. The second-order valence-corrected chi connectivity index (χ2v) is 9.92. The van der Waals surface area contributed by atoms with Crippen LogP contribution in [0.2, 0.25) is 5.15 Å². The molecular weight excluding hydrogens is 465 g/mol. The number of nitrogens with zero attached hydrogens (tertiary/aromatic N) is 3. The predicted molar refractivity (Wildman–Crippen MR) is 113 cm³/mol. The first-order valence-corrected chi connectivity index (χ1v) is 11.8. The lowest BCUT2D eigenvalue weighted by atomic mass is 10.3. The van der Waals surface area contributed by atoms with Crippen molar-refractivity contribution < 1.29 is 32.1 Å². The Morgan fingerprint density at radius 3 is 2.60 bits per heavy atom. The summed E-state index contributed by atoms with van der Waals surface area (Å²) in [6.07, 6.45) is -1.77. The maximum atomic E-state index is 12.6. The highest BCUT2D eigenvalue weighted by molar-refractivity contribution is 7.92. The summed E-state index contributed by atoms with van der Waals surface area (Å²) in [6.45, 7) is 5.44. The highest BCUT2D eigenvalue weighted by Gasteiger charge is 2.29. The number of anilines is 1. The van der Waals surface area contributed by atoms with Crippen molar-refractivity contribution >= 4 is 55.4 Å². The van der Waals surface area contributed by atoms with Crippen molar-refractivity contribution in [2.24, 2.45) is 0 Å². The molecule has 0 aliphatic heterocycles. The molecule has 0 aromatic carbocycles. The maximum absolute atomic E-state index is 12.6. The lowest BCUT2D eigenvalue weighted by Gasteiger charge is -2.19. The average molecular weight is 488 g/mol. The van der Waals surface area contributed by atoms with Crippen LogP contribution in [-0.4, -0.2) is 62.5 Å². The van der Waals surface area contributed by atoms with Crippen molar-refractivity contribution in [2.75, 3.05) is 30.0 Å². The highest BCUT2D eigenvalue weighted by Crippen LogP contribution is 2.35. The third-order valence-electron chi connectivity index (χ3n) is 3.66. The number of rotatable bonds is 10. The van der Waals surface area contributed by atoms with Crippen LogP contribution in [0.5, 0.6) is 0 Å². The number of hydrogen-bond donors (Lipinski definition) is 2. The summed E-state index contributed by atoms with van der Waals surface area (Å²) in [6, 6.07) is 0. The minimum Gasteiger partial charge on any atom is -0.301 e. The van der Waals surface area contributed by atoms with E-state index in [-0.39, 0.29) is 18.1 Å². The van der Waals surface area contributed by atoms with Crippen LogP contribution in [0, 0.1) is 4.78 Å². The summed E-state index contributed by atoms with van der Waals surface area (Å²) in [5, 5.41) is 10.2. The molecule has 13 heteroatoms. The fourth-order valence-corrected chi connectivity index (χ4v) is 4.94. The molecule has 1 rings (SSSR count). The van der Waals surface area contributed by atoms with Gasteiger partial charge in [-0.05, 0) is 17.7 Å². The summed E-state index contributed by atoms with van der Waals surface area (Å²) in [4.78, 5) is 18.0. The van der Waals surface area contributed by atoms with Crippen molar-refractivity contribution in [1.82, 2.24) is 4.98 Å². The van der Waals surface area contributed by atoms with Gasteiger partial charge >= 0.3 is 6.18 Å². The summed E-state index contributed by atoms with van der Waals surface area (Å²) in [5.41, 5.74) is 0.484. The number of allylic oxidation sites excluding steroid dienone is 3. The number of nitrogens with one attached hydrogen (secondary N) is 1. The lowest BCUT2D eigenvalue weighted by molar-refractivity contribution is -0.750. The van der Waals surface area contributed by atoms with Crippen LogP contribution < -0.4 is 4.90 Å². The first-order chi connectivity index (χ1) is 13.8. The van der Waals surface area contributed by atoms with E-state index in [0.29, 0.717) is 15.6 Å². The third-order valence-corrected chi connectivity index (χ3v) is 6.89. The fourth-order valence-electron chi connectivity index (χ4n) is 2.28. The number of thiazole rings is 1. The molecule has 0 spiro atoms. The standard InChI is InChI=1S/C17H23ClF3N4O3S2/c1-4-6-12(11-24(3)27)15-23-14(18)16(29-15)25(5-2)13(26)7-9-30(22,28)10-8-17(19,20)21/h4,6,11,22,27H,1,5,7-10H2,2-3H3/q+1. The molecule has 1 aromatic rings. The predicted octanol–water partition coefficient (Wildman–Crippen LogP) is 4.21. The van der Waals surface area contributed by atoms with Crippen LogP contribution in [0.1, 0.15) is 24.8 Å². The van der Waals surface area contributed by atoms with Gasteiger partial charge in [-0.15, -0.1) is 0 Å². The monoisotopic (exact) mass is 487 g/mol. The van der Waals surface area contributed by atoms with Crippen LogP contribution in [0.4, 0.5) is 18.2 Å². The van der Waals surface area contributed by atoms with Crippen LogP contribution in [-0.2, 0) is 14.5 Å². The van der Waals surface area contributed by atoms with Crippen molar-refractivity contribution in [3.8, 4) is 0 Å². The van der Waals surface area contributed by atoms with Crippen LogP contribution in [0.15, 0.2) is 18.7 Å². The minimum absolute atomic E-state index is 0.0258. The zero-order valence-corrected chi connectivity index (χ0v) is 18.8. The summed E-state index contributed by atoms with van der Waals surface area (Å²) < 4.78 is 57.3. The van der Waals surface area contributed by atoms with Crippen molar-refractivity contribution in [2.45, 2.75) is 25.9 Å². The number of halogens is 4. The van der Waals surface area contributed by atoms with Crippen LogP contribution in [0.25, 0.3) is 5.57 Å². The number of hydroxylamine groups is 1. The van der Waals surface area contributed by atoms with E-state index in [1.165, 1.54) is 24.2 Å². The Bertz CT molecular complexity index is 937. The number of carbonyl (C=O) groups is 1. The minimum atomic E-state index is -4.51. The normalized spacial score (nSPS) is 15.0. The second-order valence-electron chi connectivity index (χ2n) is 6.15. The maximum Gasteiger partial charge on any atom is 0.390 e. The Hall–Kier alpha value is -1.92. The molecule has 0 radical (unpaired) electrons. The topological polar surface area (TPSA) is 97.4 Å². The third kappa shape index (κ3) is 8.44. The zero-order chi connectivity index (χ0) is 23.1. The largest absolute Gasteiger partial charge is 0.390 e. The number of alkyl halides is 3. The Morgan fingerprint density at radius 1 is 1.47 bits per heavy atom. The molecule has 0 aliphatic rings. The van der Waals surface area contributed by atoms with Gasteiger partial charge in [0.05, 0.1) is 12.0 Å². The van der Waals surface area contributed by atoms with E-state index >= 15 is 0 Å². The van der Waals surface area contributed by atoms with Crippen LogP contribution in [0.3, 0.4) is 0 Å². The van der Waals surface area contributed by atoms with Gasteiger partial charge in [-0.2, -0.15) is 13.2 Å². The van der Waals surface area contributed by atoms with Crippen molar-refractivity contribution in [3.63, 3.8) is 0 Å². The Kier molecular flexibility index (Phi) is 9.50. The van der Waals surface area contributed by atoms with Crippen LogP contribution >= 0.6 is 22.9 Å². The van der Waals surface area contributed by atoms with Gasteiger partial charge in [0.1, 0.15) is 10.0 Å². The first kappa shape index (κ1) is 26.1. The summed E-state index contributed by atoms with van der Waals surface area (Å²) >= 11 is 7.24. The van der Waals surface area contributed by atoms with Gasteiger partial charge in [-0.25, -0.2) is 9.19 Å². The molecule has 1 amide bonds. The zero-order valence-electron chi connectivity index (χ0n) is 16.4.